The van der Waals surface area contributed by atoms with Crippen LogP contribution in [-0.4, -0.2) is 56.7 Å². The van der Waals surface area contributed by atoms with Gasteiger partial charge in [0.15, 0.2) is 0 Å². The summed E-state index contributed by atoms with van der Waals surface area (Å²) in [6, 6.07) is 10.8. The van der Waals surface area contributed by atoms with Crippen molar-refractivity contribution in [1.29, 1.82) is 0 Å². The first kappa shape index (κ1) is 25.3. The molecule has 0 bridgehead atoms. The third-order valence-electron chi connectivity index (χ3n) is 5.39. The molecule has 0 saturated carbocycles. The average Bonchev–Trinajstić information content (AvgIpc) is 2.83. The number of halogens is 1. The van der Waals surface area contributed by atoms with Crippen LogP contribution in [0.3, 0.4) is 0 Å². The molecule has 1 fully saturated rings. The molecule has 1 saturated heterocycles. The van der Waals surface area contributed by atoms with Crippen LogP contribution < -0.4 is 10.6 Å². The fourth-order valence-corrected chi connectivity index (χ4v) is 5.01. The second kappa shape index (κ2) is 11.2. The highest BCUT2D eigenvalue weighted by atomic mass is 32.2. The Bertz CT molecular complexity index is 1130. The van der Waals surface area contributed by atoms with Crippen molar-refractivity contribution < 1.29 is 31.9 Å². The lowest BCUT2D eigenvalue weighted by Gasteiger charge is -2.30. The Labute approximate surface area is 197 Å². The molecule has 11 heteroatoms. The molecule has 0 aromatic heterocycles. The zero-order valence-corrected chi connectivity index (χ0v) is 19.4. The Balaban J connectivity index is 1.55. The van der Waals surface area contributed by atoms with Gasteiger partial charge in [0.05, 0.1) is 11.5 Å². The number of ether oxygens (including phenoxy) is 1. The summed E-state index contributed by atoms with van der Waals surface area (Å²) in [4.78, 5) is 35.9. The van der Waals surface area contributed by atoms with Gasteiger partial charge in [-0.1, -0.05) is 0 Å². The van der Waals surface area contributed by atoms with E-state index < -0.39 is 27.7 Å². The number of nitrogens with one attached hydrogen (secondary N) is 2. The Morgan fingerprint density at radius 3 is 2.24 bits per heavy atom. The molecule has 2 aromatic carbocycles. The molecule has 2 amide bonds. The fraction of sp³-hybridized carbons (Fsp3) is 0.348. The molecular formula is C23H26FN3O6S. The summed E-state index contributed by atoms with van der Waals surface area (Å²) in [6.45, 7) is 2.03. The van der Waals surface area contributed by atoms with Crippen LogP contribution in [0.1, 0.15) is 30.1 Å². The summed E-state index contributed by atoms with van der Waals surface area (Å²) in [5.74, 6) is -2.10. The largest absolute Gasteiger partial charge is 0.465 e. The molecule has 34 heavy (non-hydrogen) atoms. The smallest absolute Gasteiger partial charge is 0.325 e. The first-order chi connectivity index (χ1) is 16.2. The van der Waals surface area contributed by atoms with Gasteiger partial charge < -0.3 is 15.4 Å². The number of amides is 2. The molecular weight excluding hydrogens is 465 g/mol. The van der Waals surface area contributed by atoms with E-state index in [1.165, 1.54) is 52.8 Å². The fourth-order valence-electron chi connectivity index (χ4n) is 3.54. The SMILES string of the molecule is CCOC(=O)CNC(=O)C1CCN(S(=O)(=O)c2ccc(NC(=O)c3ccc(F)cc3)cc2)CC1. The first-order valence-electron chi connectivity index (χ1n) is 10.8. The van der Waals surface area contributed by atoms with Crippen LogP contribution in [0.5, 0.6) is 0 Å². The number of carbonyl (C=O) groups excluding carboxylic acids is 3. The number of hydrogen-bond donors (Lipinski definition) is 2. The van der Waals surface area contributed by atoms with Gasteiger partial charge in [-0.3, -0.25) is 14.4 Å². The van der Waals surface area contributed by atoms with Crippen LogP contribution in [0.15, 0.2) is 53.4 Å². The van der Waals surface area contributed by atoms with Crippen LogP contribution in [0.2, 0.25) is 0 Å². The van der Waals surface area contributed by atoms with Crippen LogP contribution >= 0.6 is 0 Å². The zero-order valence-electron chi connectivity index (χ0n) is 18.6. The van der Waals surface area contributed by atoms with Crippen molar-refractivity contribution in [3.8, 4) is 0 Å². The minimum atomic E-state index is -3.77. The second-order valence-corrected chi connectivity index (χ2v) is 9.62. The van der Waals surface area contributed by atoms with Crippen molar-refractivity contribution >= 4 is 33.5 Å². The average molecular weight is 492 g/mol. The number of nitrogens with zero attached hydrogens (tertiary/aromatic N) is 1. The molecule has 0 unspecified atom stereocenters. The van der Waals surface area contributed by atoms with Gasteiger partial charge in [-0.15, -0.1) is 0 Å². The normalized spacial score (nSPS) is 14.9. The Kier molecular flexibility index (Phi) is 8.35. The van der Waals surface area contributed by atoms with Gasteiger partial charge in [0.1, 0.15) is 12.4 Å². The van der Waals surface area contributed by atoms with Crippen molar-refractivity contribution in [3.05, 3.63) is 59.9 Å². The number of carbonyl (C=O) groups is 3. The maximum absolute atomic E-state index is 13.0. The summed E-state index contributed by atoms with van der Waals surface area (Å²) in [6.07, 6.45) is 0.666. The first-order valence-corrected chi connectivity index (χ1v) is 12.2. The van der Waals surface area contributed by atoms with E-state index in [0.29, 0.717) is 18.5 Å². The molecule has 182 valence electrons. The van der Waals surface area contributed by atoms with Crippen LogP contribution in [0.4, 0.5) is 10.1 Å². The maximum atomic E-state index is 13.0. The van der Waals surface area contributed by atoms with Crippen molar-refractivity contribution in [3.63, 3.8) is 0 Å². The van der Waals surface area contributed by atoms with Gasteiger partial charge in [-0.25, -0.2) is 12.8 Å². The highest BCUT2D eigenvalue weighted by molar-refractivity contribution is 7.89. The molecule has 0 aliphatic carbocycles. The van der Waals surface area contributed by atoms with Gasteiger partial charge in [0.2, 0.25) is 15.9 Å². The molecule has 0 spiro atoms. The van der Waals surface area contributed by atoms with Gasteiger partial charge in [-0.05, 0) is 68.3 Å². The summed E-state index contributed by atoms with van der Waals surface area (Å²) in [5, 5.41) is 5.16. The summed E-state index contributed by atoms with van der Waals surface area (Å²) < 4.78 is 45.0. The lowest BCUT2D eigenvalue weighted by molar-refractivity contribution is -0.144. The maximum Gasteiger partial charge on any atom is 0.325 e. The third-order valence-corrected chi connectivity index (χ3v) is 7.31. The van der Waals surface area contributed by atoms with Crippen LogP contribution in [0.25, 0.3) is 0 Å². The number of esters is 1. The van der Waals surface area contributed by atoms with Crippen LogP contribution in [0, 0.1) is 11.7 Å². The van der Waals surface area contributed by atoms with Gasteiger partial charge in [0, 0.05) is 30.3 Å². The number of sulfonamides is 1. The quantitative estimate of drug-likeness (QED) is 0.546. The summed E-state index contributed by atoms with van der Waals surface area (Å²) >= 11 is 0. The van der Waals surface area contributed by atoms with E-state index in [4.69, 9.17) is 4.74 Å². The van der Waals surface area contributed by atoms with E-state index in [1.54, 1.807) is 6.92 Å². The number of rotatable bonds is 8. The van der Waals surface area contributed by atoms with Gasteiger partial charge in [-0.2, -0.15) is 4.31 Å². The molecule has 1 heterocycles. The number of hydrogen-bond acceptors (Lipinski definition) is 6. The van der Waals surface area contributed by atoms with E-state index in [2.05, 4.69) is 10.6 Å². The number of benzene rings is 2. The standard InChI is InChI=1S/C23H26FN3O6S/c1-2-33-21(28)15-25-22(29)17-11-13-27(14-12-17)34(31,32)20-9-7-19(8-10-20)26-23(30)16-3-5-18(24)6-4-16/h3-10,17H,2,11-15H2,1H3,(H,25,29)(H,26,30). The topological polar surface area (TPSA) is 122 Å². The minimum absolute atomic E-state index is 0.0671. The van der Waals surface area contributed by atoms with E-state index in [0.717, 1.165) is 0 Å². The Morgan fingerprint density at radius 2 is 1.65 bits per heavy atom. The predicted octanol–water partition coefficient (Wildman–Crippen LogP) is 2.16. The molecule has 0 atom stereocenters. The second-order valence-electron chi connectivity index (χ2n) is 7.69. The van der Waals surface area contributed by atoms with Gasteiger partial charge >= 0.3 is 5.97 Å². The van der Waals surface area contributed by atoms with E-state index in [-0.39, 0.29) is 48.5 Å². The van der Waals surface area contributed by atoms with Crippen molar-refractivity contribution in [1.82, 2.24) is 9.62 Å². The monoisotopic (exact) mass is 491 g/mol. The molecule has 1 aliphatic rings. The van der Waals surface area contributed by atoms with Crippen molar-refractivity contribution in [2.75, 3.05) is 31.6 Å². The Hall–Kier alpha value is -3.31. The highest BCUT2D eigenvalue weighted by Crippen LogP contribution is 2.25. The van der Waals surface area contributed by atoms with Crippen molar-refractivity contribution in [2.24, 2.45) is 5.92 Å². The molecule has 2 N–H and O–H groups in total. The Morgan fingerprint density at radius 1 is 1.03 bits per heavy atom. The van der Waals surface area contributed by atoms with Crippen LogP contribution in [-0.2, 0) is 24.3 Å². The molecule has 3 rings (SSSR count). The molecule has 0 radical (unpaired) electrons. The molecule has 1 aliphatic heterocycles. The third kappa shape index (κ3) is 6.39. The highest BCUT2D eigenvalue weighted by Gasteiger charge is 2.32. The summed E-state index contributed by atoms with van der Waals surface area (Å²) in [7, 11) is -3.77. The van der Waals surface area contributed by atoms with E-state index in [1.807, 2.05) is 0 Å². The van der Waals surface area contributed by atoms with E-state index >= 15 is 0 Å². The van der Waals surface area contributed by atoms with Gasteiger partial charge in [0.25, 0.3) is 5.91 Å². The summed E-state index contributed by atoms with van der Waals surface area (Å²) in [5.41, 5.74) is 0.664. The predicted molar refractivity (Wildman–Crippen MR) is 122 cm³/mol. The van der Waals surface area contributed by atoms with Crippen molar-refractivity contribution in [2.45, 2.75) is 24.7 Å². The zero-order chi connectivity index (χ0) is 24.7. The lowest BCUT2D eigenvalue weighted by atomic mass is 9.97. The van der Waals surface area contributed by atoms with E-state index in [9.17, 15) is 27.2 Å². The lowest BCUT2D eigenvalue weighted by Crippen LogP contribution is -2.44. The number of piperidine rings is 1. The minimum Gasteiger partial charge on any atom is -0.465 e. The molecule has 9 nitrogen and oxygen atoms in total. The molecule has 2 aromatic rings. The number of anilines is 1.